The minimum absolute atomic E-state index is 0.126. The third-order valence-electron chi connectivity index (χ3n) is 5.08. The van der Waals surface area contributed by atoms with Crippen molar-refractivity contribution < 1.29 is 22.7 Å². The van der Waals surface area contributed by atoms with Gasteiger partial charge in [0.15, 0.2) is 0 Å². The van der Waals surface area contributed by atoms with Gasteiger partial charge in [0.05, 0.1) is 13.2 Å². The average molecular weight is 421 g/mol. The Balaban J connectivity index is 1.33. The molecular weight excluding hydrogens is 398 g/mol. The number of aromatic nitrogens is 3. The van der Waals surface area contributed by atoms with E-state index >= 15 is 0 Å². The molecule has 2 aromatic rings. The summed E-state index contributed by atoms with van der Waals surface area (Å²) in [4.78, 5) is 18.1. The fraction of sp³-hybridized carbons (Fsp3) is 0.500. The van der Waals surface area contributed by atoms with Crippen molar-refractivity contribution in [3.05, 3.63) is 36.2 Å². The second-order valence-corrected chi connectivity index (χ2v) is 8.79. The van der Waals surface area contributed by atoms with Crippen molar-refractivity contribution in [3.63, 3.8) is 0 Å². The van der Waals surface area contributed by atoms with E-state index < -0.39 is 10.0 Å². The van der Waals surface area contributed by atoms with Crippen molar-refractivity contribution in [2.24, 2.45) is 0 Å². The Kier molecular flexibility index (Phi) is 5.79. The van der Waals surface area contributed by atoms with Gasteiger partial charge in [0.2, 0.25) is 0 Å². The van der Waals surface area contributed by atoms with E-state index in [0.29, 0.717) is 31.9 Å². The van der Waals surface area contributed by atoms with E-state index in [9.17, 15) is 13.2 Å². The van der Waals surface area contributed by atoms with Gasteiger partial charge in [0, 0.05) is 44.6 Å². The van der Waals surface area contributed by atoms with E-state index in [0.717, 1.165) is 24.9 Å². The van der Waals surface area contributed by atoms with E-state index in [2.05, 4.69) is 15.2 Å². The number of benzene rings is 1. The standard InChI is InChI=1S/C18H23N5O5S/c24-17(14-1-3-15(4-2-14)28-16-5-11-27-12-6-16)22-7-9-23(10-8-22)29(25,26)18-19-13-20-21-18/h1-4,13,16H,5-12H2,(H,19,20,21). The number of nitrogens with one attached hydrogen (secondary N) is 1. The van der Waals surface area contributed by atoms with E-state index in [1.807, 2.05) is 0 Å². The molecule has 3 heterocycles. The molecule has 156 valence electrons. The first-order valence-electron chi connectivity index (χ1n) is 9.53. The van der Waals surface area contributed by atoms with Gasteiger partial charge in [-0.15, -0.1) is 0 Å². The van der Waals surface area contributed by atoms with Crippen LogP contribution in [0.25, 0.3) is 0 Å². The van der Waals surface area contributed by atoms with Crippen LogP contribution in [0, 0.1) is 0 Å². The van der Waals surface area contributed by atoms with Crippen molar-refractivity contribution in [2.75, 3.05) is 39.4 Å². The number of sulfonamides is 1. The molecule has 1 aromatic heterocycles. The van der Waals surface area contributed by atoms with Crippen molar-refractivity contribution in [3.8, 4) is 5.75 Å². The predicted molar refractivity (Wildman–Crippen MR) is 102 cm³/mol. The summed E-state index contributed by atoms with van der Waals surface area (Å²) in [5, 5.41) is 5.78. The zero-order chi connectivity index (χ0) is 20.3. The lowest BCUT2D eigenvalue weighted by molar-refractivity contribution is 0.0255. The first-order valence-corrected chi connectivity index (χ1v) is 11.0. The summed E-state index contributed by atoms with van der Waals surface area (Å²) in [5.74, 6) is 0.607. The Bertz CT molecular complexity index is 918. The van der Waals surface area contributed by atoms with Gasteiger partial charge in [-0.1, -0.05) is 0 Å². The molecule has 0 aliphatic carbocycles. The highest BCUT2D eigenvalue weighted by molar-refractivity contribution is 7.88. The smallest absolute Gasteiger partial charge is 0.278 e. The maximum atomic E-state index is 12.8. The summed E-state index contributed by atoms with van der Waals surface area (Å²) in [6, 6.07) is 7.09. The monoisotopic (exact) mass is 421 g/mol. The fourth-order valence-corrected chi connectivity index (χ4v) is 4.65. The minimum atomic E-state index is -3.71. The SMILES string of the molecule is O=C(c1ccc(OC2CCOCC2)cc1)N1CCN(S(=O)(=O)c2ncn[nH]2)CC1. The number of aromatic amines is 1. The Labute approximate surface area is 168 Å². The van der Waals surface area contributed by atoms with E-state index in [4.69, 9.17) is 9.47 Å². The molecule has 2 aliphatic heterocycles. The van der Waals surface area contributed by atoms with E-state index in [1.54, 1.807) is 29.2 Å². The van der Waals surface area contributed by atoms with Crippen LogP contribution in [0.15, 0.2) is 35.7 Å². The number of hydrogen-bond acceptors (Lipinski definition) is 7. The third kappa shape index (κ3) is 4.41. The van der Waals surface area contributed by atoms with Gasteiger partial charge >= 0.3 is 0 Å². The quantitative estimate of drug-likeness (QED) is 0.747. The van der Waals surface area contributed by atoms with Crippen molar-refractivity contribution in [1.82, 2.24) is 24.4 Å². The zero-order valence-corrected chi connectivity index (χ0v) is 16.7. The van der Waals surface area contributed by atoms with Crippen LogP contribution in [0.1, 0.15) is 23.2 Å². The molecule has 1 N–H and O–H groups in total. The molecule has 0 atom stereocenters. The van der Waals surface area contributed by atoms with Gasteiger partial charge in [-0.3, -0.25) is 4.79 Å². The summed E-state index contributed by atoms with van der Waals surface area (Å²) in [5.41, 5.74) is 0.552. The second-order valence-electron chi connectivity index (χ2n) is 6.94. The molecular formula is C18H23N5O5S. The highest BCUT2D eigenvalue weighted by Crippen LogP contribution is 2.20. The number of amides is 1. The topological polar surface area (TPSA) is 118 Å². The molecule has 0 unspecified atom stereocenters. The van der Waals surface area contributed by atoms with Crippen LogP contribution >= 0.6 is 0 Å². The Morgan fingerprint density at radius 1 is 1.10 bits per heavy atom. The number of H-pyrrole nitrogens is 1. The molecule has 2 fully saturated rings. The van der Waals surface area contributed by atoms with Crippen molar-refractivity contribution >= 4 is 15.9 Å². The van der Waals surface area contributed by atoms with Gasteiger partial charge in [0.1, 0.15) is 18.2 Å². The lowest BCUT2D eigenvalue weighted by atomic mass is 10.1. The Hall–Kier alpha value is -2.50. The summed E-state index contributed by atoms with van der Waals surface area (Å²) in [6.45, 7) is 2.46. The molecule has 1 amide bonds. The molecule has 11 heteroatoms. The largest absolute Gasteiger partial charge is 0.490 e. The summed E-state index contributed by atoms with van der Waals surface area (Å²) in [7, 11) is -3.71. The number of hydrogen-bond donors (Lipinski definition) is 1. The third-order valence-corrected chi connectivity index (χ3v) is 6.81. The molecule has 0 bridgehead atoms. The van der Waals surface area contributed by atoms with E-state index in [-0.39, 0.29) is 30.3 Å². The zero-order valence-electron chi connectivity index (χ0n) is 15.9. The van der Waals surface area contributed by atoms with Crippen molar-refractivity contribution in [2.45, 2.75) is 24.1 Å². The normalized spacial score (nSPS) is 19.2. The number of piperazine rings is 1. The van der Waals surface area contributed by atoms with Gasteiger partial charge in [-0.25, -0.2) is 18.5 Å². The summed E-state index contributed by atoms with van der Waals surface area (Å²) < 4.78 is 37.5. The van der Waals surface area contributed by atoms with Crippen LogP contribution in [0.2, 0.25) is 0 Å². The number of carbonyl (C=O) groups excluding carboxylic acids is 1. The van der Waals surface area contributed by atoms with E-state index in [1.165, 1.54) is 4.31 Å². The lowest BCUT2D eigenvalue weighted by Crippen LogP contribution is -2.50. The highest BCUT2D eigenvalue weighted by Gasteiger charge is 2.32. The van der Waals surface area contributed by atoms with Crippen LogP contribution in [-0.2, 0) is 14.8 Å². The molecule has 0 saturated carbocycles. The van der Waals surface area contributed by atoms with Crippen LogP contribution in [-0.4, -0.2) is 84.2 Å². The molecule has 29 heavy (non-hydrogen) atoms. The molecule has 10 nitrogen and oxygen atoms in total. The molecule has 2 saturated heterocycles. The number of nitrogens with zero attached hydrogens (tertiary/aromatic N) is 4. The van der Waals surface area contributed by atoms with Gasteiger partial charge < -0.3 is 14.4 Å². The molecule has 0 radical (unpaired) electrons. The molecule has 1 aromatic carbocycles. The maximum Gasteiger partial charge on any atom is 0.278 e. The minimum Gasteiger partial charge on any atom is -0.490 e. The number of carbonyl (C=O) groups is 1. The second kappa shape index (κ2) is 8.47. The van der Waals surface area contributed by atoms with Crippen LogP contribution < -0.4 is 4.74 Å². The highest BCUT2D eigenvalue weighted by atomic mass is 32.2. The fourth-order valence-electron chi connectivity index (χ4n) is 3.42. The predicted octanol–water partition coefficient (Wildman–Crippen LogP) is 0.509. The Morgan fingerprint density at radius 2 is 1.79 bits per heavy atom. The van der Waals surface area contributed by atoms with Gasteiger partial charge in [0.25, 0.3) is 21.1 Å². The van der Waals surface area contributed by atoms with Gasteiger partial charge in [-0.2, -0.15) is 9.40 Å². The van der Waals surface area contributed by atoms with Gasteiger partial charge in [-0.05, 0) is 24.3 Å². The number of ether oxygens (including phenoxy) is 2. The van der Waals surface area contributed by atoms with Crippen molar-refractivity contribution in [1.29, 1.82) is 0 Å². The molecule has 0 spiro atoms. The average Bonchev–Trinajstić information content (AvgIpc) is 3.31. The van der Waals surface area contributed by atoms with Crippen LogP contribution in [0.5, 0.6) is 5.75 Å². The maximum absolute atomic E-state index is 12.8. The first-order chi connectivity index (χ1) is 14.0. The molecule has 4 rings (SSSR count). The molecule has 2 aliphatic rings. The summed E-state index contributed by atoms with van der Waals surface area (Å²) >= 11 is 0. The number of rotatable bonds is 5. The Morgan fingerprint density at radius 3 is 2.41 bits per heavy atom. The first kappa shape index (κ1) is 19.8. The van der Waals surface area contributed by atoms with Crippen LogP contribution in [0.3, 0.4) is 0 Å². The summed E-state index contributed by atoms with van der Waals surface area (Å²) in [6.07, 6.45) is 3.02. The van der Waals surface area contributed by atoms with Crippen LogP contribution in [0.4, 0.5) is 0 Å². The lowest BCUT2D eigenvalue weighted by Gasteiger charge is -2.33.